The molecule has 0 aliphatic carbocycles. The first-order valence-electron chi connectivity index (χ1n) is 5.72. The molecule has 0 amide bonds. The lowest BCUT2D eigenvalue weighted by Crippen LogP contribution is -2.32. The summed E-state index contributed by atoms with van der Waals surface area (Å²) in [7, 11) is 0. The first kappa shape index (κ1) is 12.3. The molecule has 1 aromatic heterocycles. The fourth-order valence-electron chi connectivity index (χ4n) is 2.56. The van der Waals surface area contributed by atoms with E-state index < -0.39 is 0 Å². The highest BCUT2D eigenvalue weighted by Gasteiger charge is 2.26. The molecule has 0 saturated carbocycles. The van der Waals surface area contributed by atoms with E-state index in [4.69, 9.17) is 5.73 Å². The summed E-state index contributed by atoms with van der Waals surface area (Å²) < 4.78 is 2.38. The van der Waals surface area contributed by atoms with Crippen LogP contribution in [0.5, 0.6) is 0 Å². The lowest BCUT2D eigenvalue weighted by Gasteiger charge is -2.23. The lowest BCUT2D eigenvalue weighted by atomic mass is 10.0. The van der Waals surface area contributed by atoms with Gasteiger partial charge in [0.1, 0.15) is 5.82 Å². The van der Waals surface area contributed by atoms with Crippen molar-refractivity contribution in [2.45, 2.75) is 37.8 Å². The van der Waals surface area contributed by atoms with E-state index in [1.165, 1.54) is 29.4 Å². The molecule has 2 unspecified atom stereocenters. The van der Waals surface area contributed by atoms with E-state index in [0.717, 1.165) is 19.4 Å². The van der Waals surface area contributed by atoms with Gasteiger partial charge in [0.15, 0.2) is 0 Å². The topological polar surface area (TPSA) is 43.8 Å². The number of imidazole rings is 1. The normalized spacial score (nSPS) is 28.6. The van der Waals surface area contributed by atoms with Crippen molar-refractivity contribution >= 4 is 24.2 Å². The fourth-order valence-corrected chi connectivity index (χ4v) is 3.78. The predicted molar refractivity (Wildman–Crippen MR) is 70.5 cm³/mol. The van der Waals surface area contributed by atoms with Crippen LogP contribution in [-0.2, 0) is 13.0 Å². The van der Waals surface area contributed by atoms with Crippen LogP contribution in [-0.4, -0.2) is 27.1 Å². The molecular weight excluding hydrogens is 242 g/mol. The number of aromatic nitrogens is 2. The molecule has 3 rings (SSSR count). The summed E-state index contributed by atoms with van der Waals surface area (Å²) in [6.45, 7) is 0.978. The SMILES string of the molecule is Cl.NC1CCc2cnc(C3CCSC3)n2C1. The molecular formula is C11H18ClN3S. The second-order valence-corrected chi connectivity index (χ2v) is 5.73. The average Bonchev–Trinajstić information content (AvgIpc) is 2.83. The zero-order valence-electron chi connectivity index (χ0n) is 9.26. The minimum Gasteiger partial charge on any atom is -0.330 e. The Morgan fingerprint density at radius 1 is 1.44 bits per heavy atom. The number of fused-ring (bicyclic) bond motifs is 1. The van der Waals surface area contributed by atoms with Gasteiger partial charge in [0.2, 0.25) is 0 Å². The van der Waals surface area contributed by atoms with Crippen LogP contribution in [0, 0.1) is 0 Å². The van der Waals surface area contributed by atoms with E-state index >= 15 is 0 Å². The molecule has 2 N–H and O–H groups in total. The van der Waals surface area contributed by atoms with E-state index in [-0.39, 0.29) is 12.4 Å². The predicted octanol–water partition coefficient (Wildman–Crippen LogP) is 1.80. The monoisotopic (exact) mass is 259 g/mol. The van der Waals surface area contributed by atoms with Crippen LogP contribution in [0.15, 0.2) is 6.20 Å². The largest absolute Gasteiger partial charge is 0.330 e. The number of rotatable bonds is 1. The van der Waals surface area contributed by atoms with Gasteiger partial charge in [0, 0.05) is 36.1 Å². The quantitative estimate of drug-likeness (QED) is 0.837. The van der Waals surface area contributed by atoms with Crippen molar-refractivity contribution in [1.82, 2.24) is 9.55 Å². The van der Waals surface area contributed by atoms with Gasteiger partial charge in [0.25, 0.3) is 0 Å². The molecule has 5 heteroatoms. The van der Waals surface area contributed by atoms with E-state index in [1.807, 2.05) is 11.8 Å². The molecule has 2 aliphatic heterocycles. The third-order valence-electron chi connectivity index (χ3n) is 3.45. The molecule has 0 spiro atoms. The summed E-state index contributed by atoms with van der Waals surface area (Å²) in [5.74, 6) is 4.50. The Balaban J connectivity index is 0.000000963. The van der Waals surface area contributed by atoms with Crippen molar-refractivity contribution in [3.8, 4) is 0 Å². The van der Waals surface area contributed by atoms with Crippen LogP contribution in [0.3, 0.4) is 0 Å². The second kappa shape index (κ2) is 4.98. The summed E-state index contributed by atoms with van der Waals surface area (Å²) in [4.78, 5) is 4.61. The minimum atomic E-state index is 0. The fraction of sp³-hybridized carbons (Fsp3) is 0.727. The third-order valence-corrected chi connectivity index (χ3v) is 4.61. The van der Waals surface area contributed by atoms with E-state index in [0.29, 0.717) is 12.0 Å². The van der Waals surface area contributed by atoms with Gasteiger partial charge in [-0.2, -0.15) is 11.8 Å². The number of thioether (sulfide) groups is 1. The molecule has 16 heavy (non-hydrogen) atoms. The standard InChI is InChI=1S/C11H17N3S.ClH/c12-9-1-2-10-5-13-11(14(10)6-9)8-3-4-15-7-8;/h5,8-9H,1-4,6-7,12H2;1H. The Bertz CT molecular complexity index is 360. The average molecular weight is 260 g/mol. The molecule has 1 saturated heterocycles. The first-order valence-corrected chi connectivity index (χ1v) is 6.87. The van der Waals surface area contributed by atoms with Gasteiger partial charge in [0.05, 0.1) is 0 Å². The van der Waals surface area contributed by atoms with E-state index in [2.05, 4.69) is 15.7 Å². The number of nitrogens with zero attached hydrogens (tertiary/aromatic N) is 2. The van der Waals surface area contributed by atoms with Crippen molar-refractivity contribution in [2.75, 3.05) is 11.5 Å². The highest BCUT2D eigenvalue weighted by atomic mass is 35.5. The highest BCUT2D eigenvalue weighted by molar-refractivity contribution is 7.99. The summed E-state index contributed by atoms with van der Waals surface area (Å²) in [6, 6.07) is 0.333. The third kappa shape index (κ3) is 2.11. The number of hydrogen-bond donors (Lipinski definition) is 1. The van der Waals surface area contributed by atoms with Crippen LogP contribution >= 0.6 is 24.2 Å². The Labute approximate surface area is 107 Å². The Morgan fingerprint density at radius 3 is 3.06 bits per heavy atom. The molecule has 1 aromatic rings. The first-order chi connectivity index (χ1) is 7.34. The summed E-state index contributed by atoms with van der Waals surface area (Å²) in [6.07, 6.45) is 5.57. The molecule has 0 radical (unpaired) electrons. The van der Waals surface area contributed by atoms with Crippen molar-refractivity contribution in [3.05, 3.63) is 17.7 Å². The molecule has 1 fully saturated rings. The van der Waals surface area contributed by atoms with Gasteiger partial charge in [-0.25, -0.2) is 4.98 Å². The molecule has 0 aromatic carbocycles. The lowest BCUT2D eigenvalue weighted by molar-refractivity contribution is 0.441. The Morgan fingerprint density at radius 2 is 2.31 bits per heavy atom. The Kier molecular flexibility index (Phi) is 3.82. The van der Waals surface area contributed by atoms with Gasteiger partial charge >= 0.3 is 0 Å². The zero-order chi connectivity index (χ0) is 10.3. The van der Waals surface area contributed by atoms with Gasteiger partial charge in [-0.3, -0.25) is 0 Å². The summed E-state index contributed by atoms with van der Waals surface area (Å²) >= 11 is 2.05. The number of hydrogen-bond acceptors (Lipinski definition) is 3. The van der Waals surface area contributed by atoms with Gasteiger partial charge in [-0.05, 0) is 25.0 Å². The molecule has 3 nitrogen and oxygen atoms in total. The maximum Gasteiger partial charge on any atom is 0.112 e. The van der Waals surface area contributed by atoms with Crippen molar-refractivity contribution in [1.29, 1.82) is 0 Å². The van der Waals surface area contributed by atoms with Crippen LogP contribution < -0.4 is 5.73 Å². The summed E-state index contributed by atoms with van der Waals surface area (Å²) in [5.41, 5.74) is 7.41. The summed E-state index contributed by atoms with van der Waals surface area (Å²) in [5, 5.41) is 0. The van der Waals surface area contributed by atoms with Gasteiger partial charge < -0.3 is 10.3 Å². The molecule has 2 atom stereocenters. The van der Waals surface area contributed by atoms with E-state index in [1.54, 1.807) is 0 Å². The van der Waals surface area contributed by atoms with Crippen molar-refractivity contribution < 1.29 is 0 Å². The maximum absolute atomic E-state index is 6.02. The zero-order valence-corrected chi connectivity index (χ0v) is 10.9. The number of nitrogens with two attached hydrogens (primary N) is 1. The highest BCUT2D eigenvalue weighted by Crippen LogP contribution is 2.33. The maximum atomic E-state index is 6.02. The molecule has 90 valence electrons. The Hall–Kier alpha value is -0.190. The van der Waals surface area contributed by atoms with Crippen LogP contribution in [0.1, 0.15) is 30.3 Å². The smallest absolute Gasteiger partial charge is 0.112 e. The molecule has 3 heterocycles. The van der Waals surface area contributed by atoms with Crippen LogP contribution in [0.4, 0.5) is 0 Å². The molecule has 2 aliphatic rings. The van der Waals surface area contributed by atoms with Crippen LogP contribution in [0.2, 0.25) is 0 Å². The van der Waals surface area contributed by atoms with Crippen molar-refractivity contribution in [2.24, 2.45) is 5.73 Å². The molecule has 0 bridgehead atoms. The van der Waals surface area contributed by atoms with Gasteiger partial charge in [-0.1, -0.05) is 0 Å². The van der Waals surface area contributed by atoms with E-state index in [9.17, 15) is 0 Å². The van der Waals surface area contributed by atoms with Crippen molar-refractivity contribution in [3.63, 3.8) is 0 Å². The number of halogens is 1. The number of aryl methyl sites for hydroxylation is 1. The van der Waals surface area contributed by atoms with Crippen LogP contribution in [0.25, 0.3) is 0 Å². The minimum absolute atomic E-state index is 0. The van der Waals surface area contributed by atoms with Gasteiger partial charge in [-0.15, -0.1) is 12.4 Å². The second-order valence-electron chi connectivity index (χ2n) is 4.58.